The molecule has 0 saturated carbocycles. The van der Waals surface area contributed by atoms with E-state index in [-0.39, 0.29) is 22.3 Å². The predicted molar refractivity (Wildman–Crippen MR) is 62.9 cm³/mol. The molecule has 0 N–H and O–H groups in total. The molecule has 0 saturated heterocycles. The Labute approximate surface area is 120 Å². The van der Waals surface area contributed by atoms with Gasteiger partial charge in [0.15, 0.2) is 0 Å². The molecule has 2 unspecified atom stereocenters. The van der Waals surface area contributed by atoms with Crippen LogP contribution in [0.4, 0.5) is 8.78 Å². The maximum atomic E-state index is 14.2. The van der Waals surface area contributed by atoms with Crippen molar-refractivity contribution >= 4 is 29.5 Å². The number of esters is 4. The van der Waals surface area contributed by atoms with Crippen LogP contribution >= 0.6 is 0 Å². The molecule has 110 valence electrons. The summed E-state index contributed by atoms with van der Waals surface area (Å²) >= 11 is 0. The number of carbonyl (C=O) groups is 4. The maximum Gasteiger partial charge on any atom is 0.349 e. The first-order valence-electron chi connectivity index (χ1n) is 6.15. The van der Waals surface area contributed by atoms with Crippen molar-refractivity contribution in [3.8, 4) is 0 Å². The lowest BCUT2D eigenvalue weighted by atomic mass is 9.75. The van der Waals surface area contributed by atoms with Gasteiger partial charge in [0.2, 0.25) is 0 Å². The zero-order valence-electron chi connectivity index (χ0n) is 10.5. The number of halogens is 2. The maximum absolute atomic E-state index is 14.2. The standard InChI is InChI=1S/C14H4F2O6/c15-5-1-3-7-4(12(18)21-11(3)17)2-6(16)9-10(7)8(5)13(19)22-14(9)20/h1-2,5,8H. The number of benzene rings is 1. The van der Waals surface area contributed by atoms with Crippen molar-refractivity contribution in [2.45, 2.75) is 12.1 Å². The molecular weight excluding hydrogens is 302 g/mol. The van der Waals surface area contributed by atoms with Gasteiger partial charge < -0.3 is 9.47 Å². The van der Waals surface area contributed by atoms with Crippen molar-refractivity contribution < 1.29 is 37.4 Å². The van der Waals surface area contributed by atoms with Crippen LogP contribution < -0.4 is 0 Å². The van der Waals surface area contributed by atoms with Crippen LogP contribution in [0.1, 0.15) is 37.8 Å². The number of carbonyl (C=O) groups excluding carboxylic acids is 4. The fraction of sp³-hybridized carbons (Fsp3) is 0.143. The van der Waals surface area contributed by atoms with E-state index in [1.54, 1.807) is 0 Å². The number of alkyl halides is 1. The molecule has 4 rings (SSSR count). The summed E-state index contributed by atoms with van der Waals surface area (Å²) < 4.78 is 37.1. The van der Waals surface area contributed by atoms with Crippen molar-refractivity contribution in [1.82, 2.24) is 0 Å². The topological polar surface area (TPSA) is 86.7 Å². The second-order valence-electron chi connectivity index (χ2n) is 4.96. The summed E-state index contributed by atoms with van der Waals surface area (Å²) in [6.07, 6.45) is -1.19. The van der Waals surface area contributed by atoms with Crippen LogP contribution in [0, 0.1) is 5.82 Å². The van der Waals surface area contributed by atoms with Crippen LogP contribution in [0.15, 0.2) is 12.1 Å². The molecule has 0 aromatic heterocycles. The van der Waals surface area contributed by atoms with Gasteiger partial charge in [-0.1, -0.05) is 0 Å². The Balaban J connectivity index is 2.18. The highest BCUT2D eigenvalue weighted by Crippen LogP contribution is 2.46. The van der Waals surface area contributed by atoms with Gasteiger partial charge in [0, 0.05) is 5.56 Å². The molecule has 8 heteroatoms. The average molecular weight is 306 g/mol. The Morgan fingerprint density at radius 2 is 1.68 bits per heavy atom. The molecule has 0 spiro atoms. The molecule has 0 amide bonds. The molecule has 2 atom stereocenters. The van der Waals surface area contributed by atoms with Crippen LogP contribution in [-0.4, -0.2) is 30.0 Å². The largest absolute Gasteiger partial charge is 0.389 e. The molecule has 0 radical (unpaired) electrons. The summed E-state index contributed by atoms with van der Waals surface area (Å²) in [6.45, 7) is 0. The summed E-state index contributed by atoms with van der Waals surface area (Å²) in [7, 11) is 0. The zero-order valence-corrected chi connectivity index (χ0v) is 10.5. The molecule has 0 bridgehead atoms. The van der Waals surface area contributed by atoms with E-state index in [4.69, 9.17) is 0 Å². The van der Waals surface area contributed by atoms with Gasteiger partial charge in [0.1, 0.15) is 23.5 Å². The lowest BCUT2D eigenvalue weighted by Crippen LogP contribution is -2.39. The number of cyclic esters (lactones) is 4. The molecular formula is C14H4F2O6. The van der Waals surface area contributed by atoms with E-state index >= 15 is 0 Å². The number of ether oxygens (including phenoxy) is 2. The molecule has 22 heavy (non-hydrogen) atoms. The predicted octanol–water partition coefficient (Wildman–Crippen LogP) is 1.04. The van der Waals surface area contributed by atoms with Crippen molar-refractivity contribution in [2.75, 3.05) is 0 Å². The van der Waals surface area contributed by atoms with E-state index in [0.717, 1.165) is 6.08 Å². The van der Waals surface area contributed by atoms with Gasteiger partial charge in [-0.25, -0.2) is 23.2 Å². The number of allylic oxidation sites excluding steroid dienone is 1. The van der Waals surface area contributed by atoms with Gasteiger partial charge in [0.05, 0.1) is 11.1 Å². The first kappa shape index (κ1) is 12.8. The normalized spacial score (nSPS) is 25.3. The highest BCUT2D eigenvalue weighted by molar-refractivity contribution is 6.28. The average Bonchev–Trinajstić information content (AvgIpc) is 2.42. The Hall–Kier alpha value is -2.90. The fourth-order valence-electron chi connectivity index (χ4n) is 2.96. The minimum atomic E-state index is -2.00. The lowest BCUT2D eigenvalue weighted by Gasteiger charge is -2.33. The third-order valence-corrected chi connectivity index (χ3v) is 3.82. The molecule has 1 aliphatic carbocycles. The van der Waals surface area contributed by atoms with Crippen molar-refractivity contribution in [3.63, 3.8) is 0 Å². The first-order chi connectivity index (χ1) is 10.4. The fourth-order valence-corrected chi connectivity index (χ4v) is 2.96. The molecule has 1 aromatic rings. The Bertz CT molecular complexity index is 853. The molecule has 2 heterocycles. The summed E-state index contributed by atoms with van der Waals surface area (Å²) in [5, 5.41) is 0. The van der Waals surface area contributed by atoms with Gasteiger partial charge in [-0.2, -0.15) is 0 Å². The van der Waals surface area contributed by atoms with E-state index in [1.807, 2.05) is 0 Å². The molecule has 1 aromatic carbocycles. The van der Waals surface area contributed by atoms with Gasteiger partial charge in [0.25, 0.3) is 0 Å². The summed E-state index contributed by atoms with van der Waals surface area (Å²) in [5.74, 6) is -7.45. The van der Waals surface area contributed by atoms with Gasteiger partial charge in [-0.3, -0.25) is 4.79 Å². The van der Waals surface area contributed by atoms with Gasteiger partial charge >= 0.3 is 23.9 Å². The van der Waals surface area contributed by atoms with E-state index in [2.05, 4.69) is 9.47 Å². The van der Waals surface area contributed by atoms with Crippen molar-refractivity contribution in [2.24, 2.45) is 0 Å². The molecule has 2 aliphatic heterocycles. The third kappa shape index (κ3) is 1.36. The number of hydrogen-bond acceptors (Lipinski definition) is 6. The van der Waals surface area contributed by atoms with Crippen LogP contribution in [0.2, 0.25) is 0 Å². The number of hydrogen-bond donors (Lipinski definition) is 0. The Morgan fingerprint density at radius 1 is 0.955 bits per heavy atom. The molecule has 3 aliphatic rings. The first-order valence-corrected chi connectivity index (χ1v) is 6.15. The monoisotopic (exact) mass is 306 g/mol. The Kier molecular flexibility index (Phi) is 2.24. The van der Waals surface area contributed by atoms with Crippen LogP contribution in [0.3, 0.4) is 0 Å². The van der Waals surface area contributed by atoms with E-state index < -0.39 is 47.3 Å². The molecule has 0 fully saturated rings. The smallest absolute Gasteiger partial charge is 0.349 e. The van der Waals surface area contributed by atoms with Crippen LogP contribution in [0.5, 0.6) is 0 Å². The summed E-state index contributed by atoms with van der Waals surface area (Å²) in [6, 6.07) is 0.712. The highest BCUT2D eigenvalue weighted by atomic mass is 19.1. The van der Waals surface area contributed by atoms with Crippen molar-refractivity contribution in [3.05, 3.63) is 40.2 Å². The van der Waals surface area contributed by atoms with Gasteiger partial charge in [-0.05, 0) is 17.7 Å². The van der Waals surface area contributed by atoms with Crippen LogP contribution in [-0.2, 0) is 19.1 Å². The van der Waals surface area contributed by atoms with Crippen LogP contribution in [0.25, 0.3) is 5.57 Å². The van der Waals surface area contributed by atoms with Gasteiger partial charge in [-0.15, -0.1) is 0 Å². The quantitative estimate of drug-likeness (QED) is 0.526. The third-order valence-electron chi connectivity index (χ3n) is 3.82. The Morgan fingerprint density at radius 3 is 2.41 bits per heavy atom. The second-order valence-corrected chi connectivity index (χ2v) is 4.96. The lowest BCUT2D eigenvalue weighted by molar-refractivity contribution is -0.142. The zero-order chi connectivity index (χ0) is 15.8. The van der Waals surface area contributed by atoms with E-state index in [0.29, 0.717) is 6.07 Å². The minimum absolute atomic E-state index is 0.137. The minimum Gasteiger partial charge on any atom is -0.389 e. The molecule has 6 nitrogen and oxygen atoms in total. The van der Waals surface area contributed by atoms with E-state index in [1.165, 1.54) is 0 Å². The summed E-state index contributed by atoms with van der Waals surface area (Å²) in [5.41, 5.74) is -1.74. The summed E-state index contributed by atoms with van der Waals surface area (Å²) in [4.78, 5) is 46.9. The highest BCUT2D eigenvalue weighted by Gasteiger charge is 2.49. The van der Waals surface area contributed by atoms with E-state index in [9.17, 15) is 28.0 Å². The van der Waals surface area contributed by atoms with Crippen molar-refractivity contribution in [1.29, 1.82) is 0 Å². The second kappa shape index (κ2) is 3.85. The SMILES string of the molecule is O=C1OC(=O)c2cc(F)c3c4c2C1=CC(F)C4C(=O)OC3=O. The number of rotatable bonds is 0.